The van der Waals surface area contributed by atoms with Crippen LogP contribution in [0.2, 0.25) is 5.02 Å². The lowest BCUT2D eigenvalue weighted by Gasteiger charge is -2.12. The van der Waals surface area contributed by atoms with Crippen LogP contribution < -0.4 is 0 Å². The molecule has 1 nitrogen and oxygen atoms in total. The molecule has 0 unspecified atom stereocenters. The van der Waals surface area contributed by atoms with Crippen molar-refractivity contribution in [2.24, 2.45) is 5.41 Å². The molecule has 0 saturated heterocycles. The normalized spacial score (nSPS) is 18.2. The van der Waals surface area contributed by atoms with Gasteiger partial charge in [0.15, 0.2) is 0 Å². The van der Waals surface area contributed by atoms with Gasteiger partial charge < -0.3 is 5.11 Å². The highest BCUT2D eigenvalue weighted by Gasteiger charge is 2.42. The molecule has 1 aliphatic rings. The minimum absolute atomic E-state index is 0.171. The van der Waals surface area contributed by atoms with Crippen LogP contribution >= 0.6 is 34.2 Å². The van der Waals surface area contributed by atoms with E-state index in [1.54, 1.807) is 0 Å². The summed E-state index contributed by atoms with van der Waals surface area (Å²) in [5, 5.41) is 10.0. The molecule has 0 aliphatic heterocycles. The molecule has 2 rings (SSSR count). The standard InChI is InChI=1S/C11H12ClIO/c12-9-1-2-10(13)8(5-9)6-11(7-14)3-4-11/h1-2,5,14H,3-4,6-7H2. The van der Waals surface area contributed by atoms with Crippen LogP contribution in [-0.2, 0) is 6.42 Å². The minimum atomic E-state index is 0.171. The Kier molecular flexibility index (Phi) is 3.05. The summed E-state index contributed by atoms with van der Waals surface area (Å²) in [4.78, 5) is 0. The monoisotopic (exact) mass is 322 g/mol. The molecular weight excluding hydrogens is 310 g/mol. The van der Waals surface area contributed by atoms with Gasteiger partial charge in [0.1, 0.15) is 0 Å². The fourth-order valence-corrected chi connectivity index (χ4v) is 2.37. The molecule has 1 aromatic carbocycles. The van der Waals surface area contributed by atoms with Crippen molar-refractivity contribution in [2.45, 2.75) is 19.3 Å². The van der Waals surface area contributed by atoms with E-state index in [1.807, 2.05) is 18.2 Å². The Labute approximate surface area is 103 Å². The largest absolute Gasteiger partial charge is 0.396 e. The highest BCUT2D eigenvalue weighted by molar-refractivity contribution is 14.1. The fraction of sp³-hybridized carbons (Fsp3) is 0.455. The zero-order valence-electron chi connectivity index (χ0n) is 7.76. The Morgan fingerprint density at radius 3 is 2.71 bits per heavy atom. The second-order valence-corrected chi connectivity index (χ2v) is 5.67. The molecule has 1 aromatic rings. The third-order valence-corrected chi connectivity index (χ3v) is 4.15. The molecule has 0 amide bonds. The molecule has 0 spiro atoms. The van der Waals surface area contributed by atoms with Gasteiger partial charge in [0.05, 0.1) is 0 Å². The van der Waals surface area contributed by atoms with Crippen LogP contribution in [0.5, 0.6) is 0 Å². The number of aliphatic hydroxyl groups excluding tert-OH is 1. The van der Waals surface area contributed by atoms with Gasteiger partial charge in [0, 0.05) is 15.2 Å². The zero-order chi connectivity index (χ0) is 10.2. The summed E-state index contributed by atoms with van der Waals surface area (Å²) in [6.07, 6.45) is 3.25. The van der Waals surface area contributed by atoms with Crippen molar-refractivity contribution >= 4 is 34.2 Å². The summed E-state index contributed by atoms with van der Waals surface area (Å²) < 4.78 is 1.24. The number of hydrogen-bond acceptors (Lipinski definition) is 1. The summed E-state index contributed by atoms with van der Waals surface area (Å²) in [7, 11) is 0. The Morgan fingerprint density at radius 1 is 1.43 bits per heavy atom. The molecule has 0 heterocycles. The second kappa shape index (κ2) is 3.99. The molecule has 76 valence electrons. The molecule has 1 saturated carbocycles. The summed E-state index contributed by atoms with van der Waals surface area (Å²) in [6.45, 7) is 0.301. The molecule has 14 heavy (non-hydrogen) atoms. The van der Waals surface area contributed by atoms with Gasteiger partial charge in [0.2, 0.25) is 0 Å². The summed E-state index contributed by atoms with van der Waals surface area (Å²) >= 11 is 8.26. The van der Waals surface area contributed by atoms with Crippen molar-refractivity contribution in [1.82, 2.24) is 0 Å². The second-order valence-electron chi connectivity index (χ2n) is 4.07. The zero-order valence-corrected chi connectivity index (χ0v) is 10.7. The van der Waals surface area contributed by atoms with Gasteiger partial charge in [-0.25, -0.2) is 0 Å². The Hall–Kier alpha value is 0.200. The first kappa shape index (κ1) is 10.7. The van der Waals surface area contributed by atoms with Crippen LogP contribution in [0.4, 0.5) is 0 Å². The molecule has 1 fully saturated rings. The average Bonchev–Trinajstić information content (AvgIpc) is 2.92. The van der Waals surface area contributed by atoms with Crippen molar-refractivity contribution in [1.29, 1.82) is 0 Å². The van der Waals surface area contributed by atoms with Crippen LogP contribution in [0.25, 0.3) is 0 Å². The first-order chi connectivity index (χ1) is 6.65. The predicted molar refractivity (Wildman–Crippen MR) is 66.6 cm³/mol. The number of rotatable bonds is 3. The van der Waals surface area contributed by atoms with Gasteiger partial charge in [-0.2, -0.15) is 0 Å². The van der Waals surface area contributed by atoms with Crippen molar-refractivity contribution < 1.29 is 5.11 Å². The van der Waals surface area contributed by atoms with Crippen LogP contribution in [0.1, 0.15) is 18.4 Å². The highest BCUT2D eigenvalue weighted by Crippen LogP contribution is 2.48. The fourth-order valence-electron chi connectivity index (χ4n) is 1.65. The number of aliphatic hydroxyl groups is 1. The van der Waals surface area contributed by atoms with E-state index in [1.165, 1.54) is 9.13 Å². The summed E-state index contributed by atoms with van der Waals surface area (Å²) in [5.74, 6) is 0. The van der Waals surface area contributed by atoms with E-state index in [-0.39, 0.29) is 5.41 Å². The maximum Gasteiger partial charge on any atom is 0.0490 e. The smallest absolute Gasteiger partial charge is 0.0490 e. The van der Waals surface area contributed by atoms with Crippen LogP contribution in [0.3, 0.4) is 0 Å². The van der Waals surface area contributed by atoms with E-state index in [0.717, 1.165) is 24.3 Å². The maximum atomic E-state index is 9.24. The molecule has 0 aromatic heterocycles. The Balaban J connectivity index is 2.20. The lowest BCUT2D eigenvalue weighted by atomic mass is 9.98. The van der Waals surface area contributed by atoms with Gasteiger partial charge in [-0.15, -0.1) is 0 Å². The molecule has 0 bridgehead atoms. The third kappa shape index (κ3) is 2.23. The highest BCUT2D eigenvalue weighted by atomic mass is 127. The maximum absolute atomic E-state index is 9.24. The Morgan fingerprint density at radius 2 is 2.14 bits per heavy atom. The number of benzene rings is 1. The lowest BCUT2D eigenvalue weighted by Crippen LogP contribution is -2.10. The quantitative estimate of drug-likeness (QED) is 0.847. The van der Waals surface area contributed by atoms with E-state index < -0.39 is 0 Å². The van der Waals surface area contributed by atoms with Crippen LogP contribution in [0, 0.1) is 8.99 Å². The van der Waals surface area contributed by atoms with E-state index in [0.29, 0.717) is 6.61 Å². The van der Waals surface area contributed by atoms with Crippen molar-refractivity contribution in [3.63, 3.8) is 0 Å². The topological polar surface area (TPSA) is 20.2 Å². The van der Waals surface area contributed by atoms with Gasteiger partial charge in [-0.3, -0.25) is 0 Å². The Bertz CT molecular complexity index is 347. The van der Waals surface area contributed by atoms with Crippen molar-refractivity contribution in [3.8, 4) is 0 Å². The average molecular weight is 323 g/mol. The molecule has 1 N–H and O–H groups in total. The van der Waals surface area contributed by atoms with E-state index >= 15 is 0 Å². The summed E-state index contributed by atoms with van der Waals surface area (Å²) in [5.41, 5.74) is 1.44. The third-order valence-electron chi connectivity index (χ3n) is 2.87. The van der Waals surface area contributed by atoms with E-state index in [2.05, 4.69) is 22.6 Å². The van der Waals surface area contributed by atoms with Crippen molar-refractivity contribution in [3.05, 3.63) is 32.4 Å². The molecular formula is C11H12ClIO. The molecule has 0 atom stereocenters. The SMILES string of the molecule is OCC1(Cc2cc(Cl)ccc2I)CC1. The van der Waals surface area contributed by atoms with Gasteiger partial charge in [0.25, 0.3) is 0 Å². The number of hydrogen-bond donors (Lipinski definition) is 1. The van der Waals surface area contributed by atoms with Crippen LogP contribution in [0.15, 0.2) is 18.2 Å². The van der Waals surface area contributed by atoms with E-state index in [9.17, 15) is 5.11 Å². The molecule has 1 aliphatic carbocycles. The molecule has 0 radical (unpaired) electrons. The van der Waals surface area contributed by atoms with Gasteiger partial charge in [-0.05, 0) is 71.0 Å². The predicted octanol–water partition coefficient (Wildman–Crippen LogP) is 3.26. The minimum Gasteiger partial charge on any atom is -0.396 e. The first-order valence-corrected chi connectivity index (χ1v) is 6.16. The lowest BCUT2D eigenvalue weighted by molar-refractivity contribution is 0.211. The first-order valence-electron chi connectivity index (χ1n) is 4.70. The number of halogens is 2. The van der Waals surface area contributed by atoms with Crippen LogP contribution in [-0.4, -0.2) is 11.7 Å². The van der Waals surface area contributed by atoms with Crippen molar-refractivity contribution in [2.75, 3.05) is 6.61 Å². The van der Waals surface area contributed by atoms with Gasteiger partial charge >= 0.3 is 0 Å². The molecule has 3 heteroatoms. The van der Waals surface area contributed by atoms with E-state index in [4.69, 9.17) is 11.6 Å². The summed E-state index contributed by atoms with van der Waals surface area (Å²) in [6, 6.07) is 5.95. The van der Waals surface area contributed by atoms with Gasteiger partial charge in [-0.1, -0.05) is 11.6 Å².